The molecule has 1 rings (SSSR count). The zero-order valence-corrected chi connectivity index (χ0v) is 11.2. The molecule has 3 nitrogen and oxygen atoms in total. The third kappa shape index (κ3) is 3.62. The van der Waals surface area contributed by atoms with E-state index < -0.39 is 0 Å². The SMILES string of the molecule is CC(C)(C)C(CN)Nc1ccc(C#N)cc1Cl. The second-order valence-corrected chi connectivity index (χ2v) is 5.51. The van der Waals surface area contributed by atoms with Crippen LogP contribution in [0.25, 0.3) is 0 Å². The van der Waals surface area contributed by atoms with Gasteiger partial charge in [0, 0.05) is 12.6 Å². The monoisotopic (exact) mass is 251 g/mol. The van der Waals surface area contributed by atoms with E-state index in [-0.39, 0.29) is 11.5 Å². The summed E-state index contributed by atoms with van der Waals surface area (Å²) in [6.45, 7) is 6.89. The zero-order valence-electron chi connectivity index (χ0n) is 10.4. The molecule has 0 aliphatic heterocycles. The highest BCUT2D eigenvalue weighted by Gasteiger charge is 2.23. The van der Waals surface area contributed by atoms with Crippen molar-refractivity contribution in [2.75, 3.05) is 11.9 Å². The van der Waals surface area contributed by atoms with Crippen molar-refractivity contribution < 1.29 is 0 Å². The summed E-state index contributed by atoms with van der Waals surface area (Å²) in [5.41, 5.74) is 7.17. The quantitative estimate of drug-likeness (QED) is 0.868. The van der Waals surface area contributed by atoms with E-state index in [2.05, 4.69) is 32.2 Å². The van der Waals surface area contributed by atoms with Crippen molar-refractivity contribution in [3.63, 3.8) is 0 Å². The van der Waals surface area contributed by atoms with Gasteiger partial charge in [-0.25, -0.2) is 0 Å². The van der Waals surface area contributed by atoms with Gasteiger partial charge in [-0.3, -0.25) is 0 Å². The summed E-state index contributed by atoms with van der Waals surface area (Å²) in [6.07, 6.45) is 0. The number of nitrogens with zero attached hydrogens (tertiary/aromatic N) is 1. The van der Waals surface area contributed by atoms with E-state index in [1.54, 1.807) is 12.1 Å². The molecule has 0 amide bonds. The lowest BCUT2D eigenvalue weighted by atomic mass is 9.86. The average Bonchev–Trinajstić information content (AvgIpc) is 2.25. The maximum absolute atomic E-state index is 8.76. The van der Waals surface area contributed by atoms with Crippen molar-refractivity contribution in [2.45, 2.75) is 26.8 Å². The van der Waals surface area contributed by atoms with Gasteiger partial charge in [0.25, 0.3) is 0 Å². The van der Waals surface area contributed by atoms with Crippen molar-refractivity contribution >= 4 is 17.3 Å². The van der Waals surface area contributed by atoms with E-state index in [0.717, 1.165) is 5.69 Å². The van der Waals surface area contributed by atoms with Crippen LogP contribution in [0.4, 0.5) is 5.69 Å². The summed E-state index contributed by atoms with van der Waals surface area (Å²) in [5, 5.41) is 12.6. The predicted octanol–water partition coefficient (Wildman–Crippen LogP) is 3.00. The van der Waals surface area contributed by atoms with E-state index in [9.17, 15) is 0 Å². The molecule has 0 spiro atoms. The topological polar surface area (TPSA) is 61.8 Å². The molecule has 0 aromatic heterocycles. The largest absolute Gasteiger partial charge is 0.379 e. The number of hydrogen-bond donors (Lipinski definition) is 2. The molecule has 1 atom stereocenters. The summed E-state index contributed by atoms with van der Waals surface area (Å²) in [5.74, 6) is 0. The predicted molar refractivity (Wildman–Crippen MR) is 72.1 cm³/mol. The lowest BCUT2D eigenvalue weighted by Gasteiger charge is -2.31. The fraction of sp³-hybridized carbons (Fsp3) is 0.462. The van der Waals surface area contributed by atoms with Gasteiger partial charge in [0.2, 0.25) is 0 Å². The van der Waals surface area contributed by atoms with Gasteiger partial charge in [0.05, 0.1) is 22.3 Å². The van der Waals surface area contributed by atoms with Crippen molar-refractivity contribution in [1.82, 2.24) is 0 Å². The van der Waals surface area contributed by atoms with Crippen molar-refractivity contribution in [3.8, 4) is 6.07 Å². The lowest BCUT2D eigenvalue weighted by molar-refractivity contribution is 0.346. The molecule has 0 aliphatic carbocycles. The van der Waals surface area contributed by atoms with Crippen LogP contribution in [0.2, 0.25) is 5.02 Å². The molecule has 0 fully saturated rings. The van der Waals surface area contributed by atoms with Gasteiger partial charge in [0.15, 0.2) is 0 Å². The number of halogens is 1. The Morgan fingerprint density at radius 3 is 2.53 bits per heavy atom. The number of hydrogen-bond acceptors (Lipinski definition) is 3. The van der Waals surface area contributed by atoms with Crippen LogP contribution >= 0.6 is 11.6 Å². The van der Waals surface area contributed by atoms with Crippen molar-refractivity contribution in [3.05, 3.63) is 28.8 Å². The Labute approximate surface area is 108 Å². The fourth-order valence-electron chi connectivity index (χ4n) is 1.52. The molecule has 0 aliphatic rings. The van der Waals surface area contributed by atoms with Gasteiger partial charge in [-0.15, -0.1) is 0 Å². The first-order valence-corrected chi connectivity index (χ1v) is 5.92. The Hall–Kier alpha value is -1.24. The molecule has 1 aromatic carbocycles. The Balaban J connectivity index is 2.92. The summed E-state index contributed by atoms with van der Waals surface area (Å²) >= 11 is 6.10. The minimum atomic E-state index is 0.0476. The van der Waals surface area contributed by atoms with E-state index >= 15 is 0 Å². The van der Waals surface area contributed by atoms with E-state index in [1.807, 2.05) is 6.07 Å². The third-order valence-corrected chi connectivity index (χ3v) is 3.02. The van der Waals surface area contributed by atoms with Crippen LogP contribution in [-0.4, -0.2) is 12.6 Å². The summed E-state index contributed by atoms with van der Waals surface area (Å²) < 4.78 is 0. The Morgan fingerprint density at radius 2 is 2.12 bits per heavy atom. The van der Waals surface area contributed by atoms with Crippen molar-refractivity contribution in [1.29, 1.82) is 5.26 Å². The van der Waals surface area contributed by atoms with Crippen LogP contribution in [0.15, 0.2) is 18.2 Å². The summed E-state index contributed by atoms with van der Waals surface area (Å²) in [4.78, 5) is 0. The van der Waals surface area contributed by atoms with Crippen LogP contribution in [0.3, 0.4) is 0 Å². The number of benzene rings is 1. The molecule has 0 heterocycles. The third-order valence-electron chi connectivity index (χ3n) is 2.71. The number of nitrogens with two attached hydrogens (primary N) is 1. The van der Waals surface area contributed by atoms with Crippen LogP contribution in [0.5, 0.6) is 0 Å². The van der Waals surface area contributed by atoms with E-state index in [0.29, 0.717) is 17.1 Å². The first-order valence-electron chi connectivity index (χ1n) is 5.54. The first kappa shape index (κ1) is 13.8. The molecule has 3 N–H and O–H groups in total. The molecular weight excluding hydrogens is 234 g/mol. The molecule has 0 bridgehead atoms. The van der Waals surface area contributed by atoms with Crippen LogP contribution in [-0.2, 0) is 0 Å². The van der Waals surface area contributed by atoms with Crippen LogP contribution in [0, 0.1) is 16.7 Å². The Kier molecular flexibility index (Phi) is 4.39. The first-order chi connectivity index (χ1) is 7.88. The molecule has 0 radical (unpaired) electrons. The van der Waals surface area contributed by atoms with Crippen LogP contribution in [0.1, 0.15) is 26.3 Å². The molecular formula is C13H18ClN3. The summed E-state index contributed by atoms with van der Waals surface area (Å²) in [6, 6.07) is 7.40. The van der Waals surface area contributed by atoms with Crippen LogP contribution < -0.4 is 11.1 Å². The normalized spacial score (nSPS) is 12.9. The highest BCUT2D eigenvalue weighted by atomic mass is 35.5. The average molecular weight is 252 g/mol. The maximum atomic E-state index is 8.76. The fourth-order valence-corrected chi connectivity index (χ4v) is 1.75. The standard InChI is InChI=1S/C13H18ClN3/c1-13(2,3)12(8-16)17-11-5-4-9(7-15)6-10(11)14/h4-6,12,17H,8,16H2,1-3H3. The number of rotatable bonds is 3. The maximum Gasteiger partial charge on any atom is 0.0992 e. The number of anilines is 1. The van der Waals surface area contributed by atoms with Gasteiger partial charge in [-0.1, -0.05) is 32.4 Å². The lowest BCUT2D eigenvalue weighted by Crippen LogP contribution is -2.40. The molecule has 0 saturated heterocycles. The molecule has 17 heavy (non-hydrogen) atoms. The van der Waals surface area contributed by atoms with E-state index in [4.69, 9.17) is 22.6 Å². The van der Waals surface area contributed by atoms with Gasteiger partial charge in [0.1, 0.15) is 0 Å². The van der Waals surface area contributed by atoms with Crippen molar-refractivity contribution in [2.24, 2.45) is 11.1 Å². The van der Waals surface area contributed by atoms with Gasteiger partial charge in [-0.05, 0) is 23.6 Å². The molecule has 1 unspecified atom stereocenters. The molecule has 4 heteroatoms. The van der Waals surface area contributed by atoms with Gasteiger partial charge in [-0.2, -0.15) is 5.26 Å². The summed E-state index contributed by atoms with van der Waals surface area (Å²) in [7, 11) is 0. The van der Waals surface area contributed by atoms with Gasteiger partial charge >= 0.3 is 0 Å². The number of nitriles is 1. The highest BCUT2D eigenvalue weighted by molar-refractivity contribution is 6.33. The molecule has 0 saturated carbocycles. The number of nitrogens with one attached hydrogen (secondary N) is 1. The Bertz CT molecular complexity index is 429. The minimum absolute atomic E-state index is 0.0476. The highest BCUT2D eigenvalue weighted by Crippen LogP contribution is 2.27. The Morgan fingerprint density at radius 1 is 1.47 bits per heavy atom. The minimum Gasteiger partial charge on any atom is -0.379 e. The second kappa shape index (κ2) is 5.39. The molecule has 1 aromatic rings. The molecule has 92 valence electrons. The second-order valence-electron chi connectivity index (χ2n) is 5.11. The zero-order chi connectivity index (χ0) is 13.1. The van der Waals surface area contributed by atoms with Gasteiger partial charge < -0.3 is 11.1 Å². The van der Waals surface area contributed by atoms with E-state index in [1.165, 1.54) is 0 Å². The smallest absolute Gasteiger partial charge is 0.0992 e.